The Hall–Kier alpha value is -1.51. The van der Waals surface area contributed by atoms with Gasteiger partial charge in [0.2, 0.25) is 0 Å². The van der Waals surface area contributed by atoms with Gasteiger partial charge in [0.15, 0.2) is 0 Å². The second kappa shape index (κ2) is 5.12. The molecule has 1 aliphatic heterocycles. The lowest BCUT2D eigenvalue weighted by Crippen LogP contribution is -2.50. The molecule has 1 saturated heterocycles. The van der Waals surface area contributed by atoms with E-state index in [0.717, 1.165) is 12.1 Å². The molecular formula is C15H16F3NO. The topological polar surface area (TPSA) is 32.3 Å². The van der Waals surface area contributed by atoms with Gasteiger partial charge in [0.25, 0.3) is 0 Å². The van der Waals surface area contributed by atoms with E-state index in [2.05, 4.69) is 11.2 Å². The molecule has 20 heavy (non-hydrogen) atoms. The van der Waals surface area contributed by atoms with E-state index in [4.69, 9.17) is 6.42 Å². The van der Waals surface area contributed by atoms with Crippen LogP contribution in [-0.2, 0) is 11.8 Å². The van der Waals surface area contributed by atoms with Gasteiger partial charge in [0.05, 0.1) is 17.2 Å². The van der Waals surface area contributed by atoms with E-state index in [1.165, 1.54) is 12.1 Å². The largest absolute Gasteiger partial charge is 0.416 e. The van der Waals surface area contributed by atoms with Crippen molar-refractivity contribution >= 4 is 0 Å². The van der Waals surface area contributed by atoms with E-state index < -0.39 is 17.3 Å². The number of benzene rings is 1. The van der Waals surface area contributed by atoms with Crippen molar-refractivity contribution in [3.05, 3.63) is 35.4 Å². The first-order valence-corrected chi connectivity index (χ1v) is 6.37. The van der Waals surface area contributed by atoms with Crippen LogP contribution in [0.15, 0.2) is 24.3 Å². The third-order valence-corrected chi connectivity index (χ3v) is 3.62. The zero-order valence-electron chi connectivity index (χ0n) is 11.0. The van der Waals surface area contributed by atoms with E-state index in [-0.39, 0.29) is 12.1 Å². The van der Waals surface area contributed by atoms with Gasteiger partial charge in [-0.2, -0.15) is 13.2 Å². The van der Waals surface area contributed by atoms with Crippen LogP contribution in [0.2, 0.25) is 0 Å². The van der Waals surface area contributed by atoms with Crippen molar-refractivity contribution in [3.63, 3.8) is 0 Å². The Kier molecular flexibility index (Phi) is 3.81. The Morgan fingerprint density at radius 1 is 1.30 bits per heavy atom. The monoisotopic (exact) mass is 283 g/mol. The summed E-state index contributed by atoms with van der Waals surface area (Å²) in [7, 11) is 0. The molecule has 1 aromatic carbocycles. The molecule has 0 aromatic heterocycles. The zero-order valence-corrected chi connectivity index (χ0v) is 11.0. The average molecular weight is 283 g/mol. The summed E-state index contributed by atoms with van der Waals surface area (Å²) in [6.45, 7) is 1.89. The van der Waals surface area contributed by atoms with E-state index in [1.807, 2.05) is 6.92 Å². The number of hydrogen-bond donors (Lipinski definition) is 2. The average Bonchev–Trinajstić information content (AvgIpc) is 2.37. The first-order chi connectivity index (χ1) is 9.24. The fourth-order valence-electron chi connectivity index (χ4n) is 2.70. The number of piperidine rings is 1. The van der Waals surface area contributed by atoms with Crippen molar-refractivity contribution in [2.24, 2.45) is 0 Å². The molecule has 1 heterocycles. The molecule has 0 spiro atoms. The van der Waals surface area contributed by atoms with Crippen molar-refractivity contribution in [1.29, 1.82) is 0 Å². The summed E-state index contributed by atoms with van der Waals surface area (Å²) < 4.78 is 37.6. The van der Waals surface area contributed by atoms with Crippen LogP contribution in [-0.4, -0.2) is 17.2 Å². The van der Waals surface area contributed by atoms with Crippen LogP contribution in [0.1, 0.15) is 30.9 Å². The van der Waals surface area contributed by atoms with Crippen LogP contribution in [0.5, 0.6) is 0 Å². The lowest BCUT2D eigenvalue weighted by molar-refractivity contribution is -0.137. The zero-order chi connectivity index (χ0) is 15.0. The molecule has 3 atom stereocenters. The summed E-state index contributed by atoms with van der Waals surface area (Å²) in [6, 6.07) is 4.35. The lowest BCUT2D eigenvalue weighted by Gasteiger charge is -2.39. The van der Waals surface area contributed by atoms with Crippen molar-refractivity contribution < 1.29 is 18.3 Å². The minimum Gasteiger partial charge on any atom is -0.385 e. The number of nitrogens with one attached hydrogen (secondary N) is 1. The molecule has 1 aliphatic rings. The summed E-state index contributed by atoms with van der Waals surface area (Å²) in [5.74, 6) is 2.54. The second-order valence-corrected chi connectivity index (χ2v) is 5.30. The van der Waals surface area contributed by atoms with Gasteiger partial charge in [-0.15, -0.1) is 6.42 Å². The molecule has 1 unspecified atom stereocenters. The van der Waals surface area contributed by atoms with Gasteiger partial charge in [-0.25, -0.2) is 0 Å². The molecule has 108 valence electrons. The highest BCUT2D eigenvalue weighted by Gasteiger charge is 2.39. The highest BCUT2D eigenvalue weighted by molar-refractivity contribution is 5.30. The normalized spacial score (nSPS) is 30.8. The fraction of sp³-hybridized carbons (Fsp3) is 0.467. The molecule has 0 aliphatic carbocycles. The van der Waals surface area contributed by atoms with Crippen molar-refractivity contribution in [1.82, 2.24) is 5.32 Å². The van der Waals surface area contributed by atoms with Gasteiger partial charge in [0.1, 0.15) is 0 Å². The van der Waals surface area contributed by atoms with Crippen LogP contribution in [0.3, 0.4) is 0 Å². The molecule has 2 rings (SSSR count). The highest BCUT2D eigenvalue weighted by atomic mass is 19.4. The van der Waals surface area contributed by atoms with Crippen molar-refractivity contribution in [2.45, 2.75) is 43.6 Å². The predicted molar refractivity (Wildman–Crippen MR) is 69.8 cm³/mol. The van der Waals surface area contributed by atoms with Gasteiger partial charge >= 0.3 is 6.18 Å². The van der Waals surface area contributed by atoms with Gasteiger partial charge in [-0.3, -0.25) is 0 Å². The number of aliphatic hydroxyl groups is 1. The number of rotatable bonds is 1. The van der Waals surface area contributed by atoms with Crippen molar-refractivity contribution in [3.8, 4) is 12.3 Å². The Morgan fingerprint density at radius 3 is 2.40 bits per heavy atom. The van der Waals surface area contributed by atoms with Crippen LogP contribution in [0.25, 0.3) is 0 Å². The summed E-state index contributed by atoms with van der Waals surface area (Å²) in [4.78, 5) is 0. The maximum Gasteiger partial charge on any atom is 0.416 e. The molecule has 2 N–H and O–H groups in total. The number of terminal acetylenes is 1. The lowest BCUT2D eigenvalue weighted by atomic mass is 9.79. The Labute approximate surface area is 116 Å². The predicted octanol–water partition coefficient (Wildman–Crippen LogP) is 2.67. The second-order valence-electron chi connectivity index (χ2n) is 5.30. The van der Waals surface area contributed by atoms with E-state index in [1.54, 1.807) is 0 Å². The SMILES string of the molecule is C#C[C@@H]1CC(O)(c2ccc(C(F)(F)F)cc2)C[C@H](C)N1. The van der Waals surface area contributed by atoms with Crippen molar-refractivity contribution in [2.75, 3.05) is 0 Å². The molecule has 0 saturated carbocycles. The van der Waals surface area contributed by atoms with Crippen LogP contribution in [0.4, 0.5) is 13.2 Å². The molecule has 1 fully saturated rings. The van der Waals surface area contributed by atoms with Gasteiger partial charge in [0, 0.05) is 12.5 Å². The maximum absolute atomic E-state index is 12.5. The first-order valence-electron chi connectivity index (χ1n) is 6.37. The Bertz CT molecular complexity index is 517. The minimum absolute atomic E-state index is 0.00269. The molecule has 0 amide bonds. The number of alkyl halides is 3. The van der Waals surface area contributed by atoms with Gasteiger partial charge in [-0.05, 0) is 31.0 Å². The summed E-state index contributed by atoms with van der Waals surface area (Å²) in [5, 5.41) is 13.8. The van der Waals surface area contributed by atoms with Gasteiger partial charge < -0.3 is 10.4 Å². The third kappa shape index (κ3) is 2.97. The summed E-state index contributed by atoms with van der Waals surface area (Å²) in [5.41, 5.74) is -1.44. The van der Waals surface area contributed by atoms with Crippen LogP contribution in [0, 0.1) is 12.3 Å². The number of hydrogen-bond acceptors (Lipinski definition) is 2. The van der Waals surface area contributed by atoms with E-state index in [0.29, 0.717) is 18.4 Å². The minimum atomic E-state index is -4.37. The molecule has 5 heteroatoms. The van der Waals surface area contributed by atoms with E-state index >= 15 is 0 Å². The van der Waals surface area contributed by atoms with Crippen LogP contribution >= 0.6 is 0 Å². The summed E-state index contributed by atoms with van der Waals surface area (Å²) >= 11 is 0. The van der Waals surface area contributed by atoms with Gasteiger partial charge in [-0.1, -0.05) is 18.1 Å². The maximum atomic E-state index is 12.5. The molecule has 2 nitrogen and oxygen atoms in total. The van der Waals surface area contributed by atoms with E-state index in [9.17, 15) is 18.3 Å². The summed E-state index contributed by atoms with van der Waals surface area (Å²) in [6.07, 6.45) is 1.71. The molecule has 0 radical (unpaired) electrons. The molecule has 0 bridgehead atoms. The molecule has 1 aromatic rings. The highest BCUT2D eigenvalue weighted by Crippen LogP contribution is 2.36. The molecular weight excluding hydrogens is 267 g/mol. The quantitative estimate of drug-likeness (QED) is 0.777. The smallest absolute Gasteiger partial charge is 0.385 e. The van der Waals surface area contributed by atoms with Crippen LogP contribution < -0.4 is 5.32 Å². The first kappa shape index (κ1) is 14.9. The third-order valence-electron chi connectivity index (χ3n) is 3.62. The number of halogens is 3. The Morgan fingerprint density at radius 2 is 1.90 bits per heavy atom. The standard InChI is InChI=1S/C15H16F3NO/c1-3-13-9-14(20,8-10(2)19-13)11-4-6-12(7-5-11)15(16,17)18/h1,4-7,10,13,19-20H,8-9H2,2H3/t10-,13+,14?/m0/s1. The Balaban J connectivity index is 2.28. The fourth-order valence-corrected chi connectivity index (χ4v) is 2.70.